The molecule has 28 heavy (non-hydrogen) atoms. The van der Waals surface area contributed by atoms with Crippen molar-refractivity contribution in [1.82, 2.24) is 0 Å². The van der Waals surface area contributed by atoms with Gasteiger partial charge in [0.25, 0.3) is 0 Å². The summed E-state index contributed by atoms with van der Waals surface area (Å²) in [6.45, 7) is 2.24. The van der Waals surface area contributed by atoms with Gasteiger partial charge < -0.3 is 5.32 Å². The first-order valence-corrected chi connectivity index (χ1v) is 11.3. The lowest BCUT2D eigenvalue weighted by molar-refractivity contribution is -0.118. The van der Waals surface area contributed by atoms with Crippen LogP contribution in [0.5, 0.6) is 0 Å². The number of rotatable bonds is 9. The second-order valence-electron chi connectivity index (χ2n) is 7.43. The van der Waals surface area contributed by atoms with Crippen molar-refractivity contribution in [3.05, 3.63) is 59.7 Å². The fourth-order valence-electron chi connectivity index (χ4n) is 3.52. The van der Waals surface area contributed by atoms with E-state index >= 15 is 0 Å². The van der Waals surface area contributed by atoms with Crippen molar-refractivity contribution < 1.29 is 9.59 Å². The maximum absolute atomic E-state index is 12.6. The Bertz CT molecular complexity index is 801. The molecule has 1 heterocycles. The third-order valence-electron chi connectivity index (χ3n) is 5.23. The number of aryl methyl sites for hydroxylation is 1. The van der Waals surface area contributed by atoms with Crippen LogP contribution >= 0.6 is 11.8 Å². The first-order chi connectivity index (χ1) is 13.7. The number of hydrogen-bond donors (Lipinski definition) is 1. The zero-order chi connectivity index (χ0) is 19.8. The van der Waals surface area contributed by atoms with E-state index in [-0.39, 0.29) is 11.7 Å². The molecule has 1 amide bonds. The molecule has 148 valence electrons. The van der Waals surface area contributed by atoms with E-state index in [9.17, 15) is 9.59 Å². The largest absolute Gasteiger partial charge is 0.325 e. The molecule has 0 fully saturated rings. The number of Topliss-reactive ketones (excluding diaryl/α,β-unsaturated/α-hetero) is 1. The van der Waals surface area contributed by atoms with Gasteiger partial charge in [0.05, 0.1) is 0 Å². The summed E-state index contributed by atoms with van der Waals surface area (Å²) >= 11 is 1.58. The number of benzene rings is 2. The second kappa shape index (κ2) is 10.5. The van der Waals surface area contributed by atoms with Gasteiger partial charge in [0.1, 0.15) is 5.92 Å². The zero-order valence-corrected chi connectivity index (χ0v) is 17.4. The molecule has 3 rings (SSSR count). The lowest BCUT2D eigenvalue weighted by Gasteiger charge is -2.22. The number of nitrogens with one attached hydrogen (secondary N) is 1. The summed E-state index contributed by atoms with van der Waals surface area (Å²) in [5.74, 6) is -0.414. The quantitative estimate of drug-likeness (QED) is 0.410. The molecule has 0 saturated carbocycles. The molecule has 0 radical (unpaired) electrons. The highest BCUT2D eigenvalue weighted by molar-refractivity contribution is 7.99. The van der Waals surface area contributed by atoms with Crippen LogP contribution in [0.1, 0.15) is 61.4 Å². The van der Waals surface area contributed by atoms with Gasteiger partial charge in [-0.1, -0.05) is 69.4 Å². The highest BCUT2D eigenvalue weighted by Crippen LogP contribution is 2.33. The van der Waals surface area contributed by atoms with E-state index in [2.05, 4.69) is 24.4 Å². The number of unbranched alkanes of at least 4 members (excludes halogenated alkanes) is 5. The van der Waals surface area contributed by atoms with Crippen molar-refractivity contribution in [3.63, 3.8) is 0 Å². The Hall–Kier alpha value is -2.07. The van der Waals surface area contributed by atoms with E-state index in [1.165, 1.54) is 44.1 Å². The van der Waals surface area contributed by atoms with Crippen molar-refractivity contribution in [3.8, 4) is 0 Å². The van der Waals surface area contributed by atoms with E-state index < -0.39 is 5.92 Å². The van der Waals surface area contributed by atoms with Gasteiger partial charge >= 0.3 is 0 Å². The van der Waals surface area contributed by atoms with Gasteiger partial charge in [0.2, 0.25) is 5.91 Å². The zero-order valence-electron chi connectivity index (χ0n) is 16.6. The molecule has 1 unspecified atom stereocenters. The van der Waals surface area contributed by atoms with Gasteiger partial charge in [-0.05, 0) is 36.6 Å². The molecule has 0 aromatic heterocycles. The number of carbonyl (C=O) groups is 2. The van der Waals surface area contributed by atoms with Crippen LogP contribution in [0.4, 0.5) is 5.69 Å². The van der Waals surface area contributed by atoms with E-state index in [4.69, 9.17) is 0 Å². The smallest absolute Gasteiger partial charge is 0.236 e. The Morgan fingerprint density at radius 3 is 2.50 bits per heavy atom. The number of anilines is 1. The van der Waals surface area contributed by atoms with Crippen LogP contribution in [0.2, 0.25) is 0 Å². The maximum Gasteiger partial charge on any atom is 0.236 e. The summed E-state index contributed by atoms with van der Waals surface area (Å²) in [4.78, 5) is 26.2. The van der Waals surface area contributed by atoms with Gasteiger partial charge in [-0.2, -0.15) is 0 Å². The average Bonchev–Trinajstić information content (AvgIpc) is 2.72. The van der Waals surface area contributed by atoms with Gasteiger partial charge in [-0.25, -0.2) is 0 Å². The Kier molecular flexibility index (Phi) is 7.72. The molecule has 3 nitrogen and oxygen atoms in total. The average molecular weight is 396 g/mol. The first-order valence-electron chi connectivity index (χ1n) is 10.3. The summed E-state index contributed by atoms with van der Waals surface area (Å²) in [6, 6.07) is 15.6. The monoisotopic (exact) mass is 395 g/mol. The molecule has 1 aliphatic heterocycles. The van der Waals surface area contributed by atoms with Gasteiger partial charge in [0.15, 0.2) is 5.78 Å². The Morgan fingerprint density at radius 1 is 1.00 bits per heavy atom. The molecule has 2 aromatic rings. The van der Waals surface area contributed by atoms with Crippen molar-refractivity contribution in [2.75, 3.05) is 11.1 Å². The number of fused-ring (bicyclic) bond motifs is 1. The van der Waals surface area contributed by atoms with E-state index in [0.717, 1.165) is 17.0 Å². The van der Waals surface area contributed by atoms with Crippen molar-refractivity contribution in [1.29, 1.82) is 0 Å². The van der Waals surface area contributed by atoms with Gasteiger partial charge in [-0.15, -0.1) is 11.8 Å². The summed E-state index contributed by atoms with van der Waals surface area (Å²) in [7, 11) is 0. The SMILES string of the molecule is CCCCCCCCc1ccc(NC(=O)C2CSc3ccccc3C2=O)cc1. The molecule has 1 atom stereocenters. The van der Waals surface area contributed by atoms with Crippen LogP contribution in [0.15, 0.2) is 53.4 Å². The molecular formula is C24H29NO2S. The van der Waals surface area contributed by atoms with Gasteiger partial charge in [-0.3, -0.25) is 9.59 Å². The predicted octanol–water partition coefficient (Wildman–Crippen LogP) is 6.13. The summed E-state index contributed by atoms with van der Waals surface area (Å²) < 4.78 is 0. The highest BCUT2D eigenvalue weighted by Gasteiger charge is 2.33. The van der Waals surface area contributed by atoms with Gasteiger partial charge in [0, 0.05) is 21.9 Å². The van der Waals surface area contributed by atoms with Crippen molar-refractivity contribution >= 4 is 29.1 Å². The molecule has 0 aliphatic carbocycles. The molecule has 1 N–H and O–H groups in total. The summed E-state index contributed by atoms with van der Waals surface area (Å²) in [5.41, 5.74) is 2.72. The number of ketones is 1. The third kappa shape index (κ3) is 5.48. The first kappa shape index (κ1) is 20.7. The molecule has 0 saturated heterocycles. The highest BCUT2D eigenvalue weighted by atomic mass is 32.2. The van der Waals surface area contributed by atoms with Crippen LogP contribution in [-0.2, 0) is 11.2 Å². The Labute approximate surface area is 172 Å². The minimum atomic E-state index is -0.623. The minimum Gasteiger partial charge on any atom is -0.325 e. The predicted molar refractivity (Wildman–Crippen MR) is 117 cm³/mol. The van der Waals surface area contributed by atoms with Crippen LogP contribution in [0.25, 0.3) is 0 Å². The number of amides is 1. The van der Waals surface area contributed by atoms with Crippen LogP contribution in [0.3, 0.4) is 0 Å². The number of thioether (sulfide) groups is 1. The van der Waals surface area contributed by atoms with Crippen LogP contribution in [0, 0.1) is 5.92 Å². The molecule has 4 heteroatoms. The van der Waals surface area contributed by atoms with Crippen molar-refractivity contribution in [2.45, 2.75) is 56.8 Å². The van der Waals surface area contributed by atoms with E-state index in [1.807, 2.05) is 30.3 Å². The topological polar surface area (TPSA) is 46.2 Å². The Balaban J connectivity index is 1.49. The molecule has 2 aromatic carbocycles. The van der Waals surface area contributed by atoms with E-state index in [0.29, 0.717) is 11.3 Å². The van der Waals surface area contributed by atoms with Crippen LogP contribution < -0.4 is 5.32 Å². The van der Waals surface area contributed by atoms with Crippen molar-refractivity contribution in [2.24, 2.45) is 5.92 Å². The molecule has 0 bridgehead atoms. The minimum absolute atomic E-state index is 0.0773. The molecule has 1 aliphatic rings. The lowest BCUT2D eigenvalue weighted by Crippen LogP contribution is -2.34. The second-order valence-corrected chi connectivity index (χ2v) is 8.49. The summed E-state index contributed by atoms with van der Waals surface area (Å²) in [6.07, 6.45) is 8.84. The lowest BCUT2D eigenvalue weighted by atomic mass is 9.97. The normalized spacial score (nSPS) is 15.9. The molecular weight excluding hydrogens is 366 g/mol. The molecule has 0 spiro atoms. The van der Waals surface area contributed by atoms with E-state index in [1.54, 1.807) is 17.8 Å². The summed E-state index contributed by atoms with van der Waals surface area (Å²) in [5, 5.41) is 2.92. The fraction of sp³-hybridized carbons (Fsp3) is 0.417. The fourth-order valence-corrected chi connectivity index (χ4v) is 4.67. The Morgan fingerprint density at radius 2 is 1.71 bits per heavy atom. The number of carbonyl (C=O) groups excluding carboxylic acids is 2. The number of hydrogen-bond acceptors (Lipinski definition) is 3. The third-order valence-corrected chi connectivity index (χ3v) is 6.40. The standard InChI is InChI=1S/C24H29NO2S/c1-2-3-4-5-6-7-10-18-13-15-19(16-14-18)25-24(27)21-17-28-22-12-9-8-11-20(22)23(21)26/h8-9,11-16,21H,2-7,10,17H2,1H3,(H,25,27). The maximum atomic E-state index is 12.6. The van der Waals surface area contributed by atoms with Crippen LogP contribution in [-0.4, -0.2) is 17.4 Å².